The molecule has 2 nitrogen and oxygen atoms in total. The monoisotopic (exact) mass is 327 g/mol. The fourth-order valence-electron chi connectivity index (χ4n) is 4.95. The first-order valence-corrected chi connectivity index (χ1v) is 9.04. The lowest BCUT2D eigenvalue weighted by Gasteiger charge is -2.54. The molecule has 0 aromatic rings. The third-order valence-corrected chi connectivity index (χ3v) is 7.27. The zero-order valence-electron chi connectivity index (χ0n) is 12.1. The average molecular weight is 328 g/mol. The van der Waals surface area contributed by atoms with E-state index < -0.39 is 0 Å². The third kappa shape index (κ3) is 2.48. The van der Waals surface area contributed by atoms with Gasteiger partial charge in [0.05, 0.1) is 0 Å². The summed E-state index contributed by atoms with van der Waals surface area (Å²) in [6.07, 6.45) is 7.72. The molecule has 4 fully saturated rings. The van der Waals surface area contributed by atoms with Crippen LogP contribution in [0.2, 0.25) is 0 Å². The molecule has 4 rings (SSSR count). The van der Waals surface area contributed by atoms with Crippen molar-refractivity contribution in [2.75, 3.05) is 5.33 Å². The van der Waals surface area contributed by atoms with Crippen molar-refractivity contribution in [2.45, 2.75) is 57.9 Å². The molecule has 1 N–H and O–H groups in total. The molecule has 0 radical (unpaired) electrons. The van der Waals surface area contributed by atoms with Gasteiger partial charge in [-0.2, -0.15) is 0 Å². The van der Waals surface area contributed by atoms with Crippen molar-refractivity contribution >= 4 is 21.8 Å². The van der Waals surface area contributed by atoms with E-state index in [0.29, 0.717) is 23.7 Å². The predicted molar refractivity (Wildman–Crippen MR) is 81.2 cm³/mol. The minimum absolute atomic E-state index is 0.0776. The molecule has 4 aliphatic rings. The van der Waals surface area contributed by atoms with E-state index in [0.717, 1.165) is 23.6 Å². The highest BCUT2D eigenvalue weighted by Crippen LogP contribution is 2.56. The maximum absolute atomic E-state index is 12.7. The lowest BCUT2D eigenvalue weighted by atomic mass is 9.51. The standard InChI is InChI=1S/C16H26BrNO/c1-3-16(2,9-17)18-15(19)14-12-5-10-4-11(7-12)8-13(14)6-10/h10-14H,3-9H2,1-2H3,(H,18,19). The molecule has 1 atom stereocenters. The van der Waals surface area contributed by atoms with E-state index in [4.69, 9.17) is 0 Å². The molecule has 0 heterocycles. The molecule has 0 aromatic carbocycles. The van der Waals surface area contributed by atoms with Gasteiger partial charge in [-0.3, -0.25) is 4.79 Å². The Kier molecular flexibility index (Phi) is 3.70. The first-order valence-electron chi connectivity index (χ1n) is 7.92. The fraction of sp³-hybridized carbons (Fsp3) is 0.938. The maximum Gasteiger partial charge on any atom is 0.224 e. The minimum atomic E-state index is -0.0776. The minimum Gasteiger partial charge on any atom is -0.350 e. The highest BCUT2D eigenvalue weighted by molar-refractivity contribution is 9.09. The molecular formula is C16H26BrNO. The van der Waals surface area contributed by atoms with Crippen molar-refractivity contribution in [3.05, 3.63) is 0 Å². The van der Waals surface area contributed by atoms with Crippen molar-refractivity contribution in [3.8, 4) is 0 Å². The number of carbonyl (C=O) groups excluding carboxylic acids is 1. The maximum atomic E-state index is 12.7. The lowest BCUT2D eigenvalue weighted by molar-refractivity contribution is -0.139. The van der Waals surface area contributed by atoms with Gasteiger partial charge < -0.3 is 5.32 Å². The number of alkyl halides is 1. The van der Waals surface area contributed by atoms with Crippen LogP contribution in [0.5, 0.6) is 0 Å². The van der Waals surface area contributed by atoms with Crippen LogP contribution < -0.4 is 5.32 Å². The highest BCUT2D eigenvalue weighted by Gasteiger charge is 2.51. The Labute approximate surface area is 125 Å². The Balaban J connectivity index is 1.70. The smallest absolute Gasteiger partial charge is 0.224 e. The molecule has 4 saturated carbocycles. The van der Waals surface area contributed by atoms with Gasteiger partial charge in [-0.25, -0.2) is 0 Å². The first kappa shape index (κ1) is 13.9. The van der Waals surface area contributed by atoms with Gasteiger partial charge >= 0.3 is 0 Å². The van der Waals surface area contributed by atoms with E-state index in [9.17, 15) is 4.79 Å². The second-order valence-electron chi connectivity index (χ2n) is 7.49. The zero-order chi connectivity index (χ0) is 13.6. The average Bonchev–Trinajstić information content (AvgIpc) is 2.37. The van der Waals surface area contributed by atoms with E-state index in [2.05, 4.69) is 35.1 Å². The van der Waals surface area contributed by atoms with Gasteiger partial charge in [-0.05, 0) is 69.1 Å². The van der Waals surface area contributed by atoms with Crippen molar-refractivity contribution < 1.29 is 4.79 Å². The number of rotatable bonds is 4. The molecule has 4 aliphatic carbocycles. The van der Waals surface area contributed by atoms with E-state index in [1.165, 1.54) is 32.1 Å². The van der Waals surface area contributed by atoms with Gasteiger partial charge in [0, 0.05) is 16.8 Å². The van der Waals surface area contributed by atoms with Crippen molar-refractivity contribution in [2.24, 2.45) is 29.6 Å². The fourth-order valence-corrected chi connectivity index (χ4v) is 5.49. The summed E-state index contributed by atoms with van der Waals surface area (Å²) >= 11 is 3.55. The largest absolute Gasteiger partial charge is 0.350 e. The number of hydrogen-bond acceptors (Lipinski definition) is 1. The summed E-state index contributed by atoms with van der Waals surface area (Å²) in [6, 6.07) is 0. The van der Waals surface area contributed by atoms with Gasteiger partial charge in [0.25, 0.3) is 0 Å². The SMILES string of the molecule is CCC(C)(CBr)NC(=O)C1C2CC3CC(C2)CC1C3. The summed E-state index contributed by atoms with van der Waals surface area (Å²) in [5.41, 5.74) is -0.0776. The molecule has 0 saturated heterocycles. The van der Waals surface area contributed by atoms with E-state index >= 15 is 0 Å². The van der Waals surface area contributed by atoms with Crippen molar-refractivity contribution in [1.82, 2.24) is 5.32 Å². The van der Waals surface area contributed by atoms with E-state index in [1.54, 1.807) is 0 Å². The van der Waals surface area contributed by atoms with Gasteiger partial charge in [-0.1, -0.05) is 22.9 Å². The van der Waals surface area contributed by atoms with Crippen LogP contribution in [-0.4, -0.2) is 16.8 Å². The van der Waals surface area contributed by atoms with Crippen LogP contribution in [0.3, 0.4) is 0 Å². The van der Waals surface area contributed by atoms with Crippen LogP contribution in [0.25, 0.3) is 0 Å². The lowest BCUT2D eigenvalue weighted by Crippen LogP contribution is -2.56. The summed E-state index contributed by atoms with van der Waals surface area (Å²) in [6.45, 7) is 4.30. The van der Waals surface area contributed by atoms with Gasteiger partial charge in [0.15, 0.2) is 0 Å². The molecule has 108 valence electrons. The zero-order valence-corrected chi connectivity index (χ0v) is 13.7. The molecule has 1 amide bonds. The molecule has 4 bridgehead atoms. The number of hydrogen-bond donors (Lipinski definition) is 1. The Morgan fingerprint density at radius 2 is 1.68 bits per heavy atom. The Morgan fingerprint density at radius 3 is 2.11 bits per heavy atom. The van der Waals surface area contributed by atoms with Crippen molar-refractivity contribution in [1.29, 1.82) is 0 Å². The normalized spacial score (nSPS) is 43.0. The summed E-state index contributed by atoms with van der Waals surface area (Å²) in [5, 5.41) is 4.18. The molecule has 3 heteroatoms. The molecule has 0 aliphatic heterocycles. The summed E-state index contributed by atoms with van der Waals surface area (Å²) in [5.74, 6) is 3.93. The van der Waals surface area contributed by atoms with Crippen LogP contribution in [-0.2, 0) is 4.79 Å². The Morgan fingerprint density at radius 1 is 1.16 bits per heavy atom. The highest BCUT2D eigenvalue weighted by atomic mass is 79.9. The second kappa shape index (κ2) is 5.05. The molecule has 19 heavy (non-hydrogen) atoms. The third-order valence-electron chi connectivity index (χ3n) is 6.03. The molecule has 0 spiro atoms. The van der Waals surface area contributed by atoms with Gasteiger partial charge in [-0.15, -0.1) is 0 Å². The van der Waals surface area contributed by atoms with Crippen LogP contribution in [0.15, 0.2) is 0 Å². The van der Waals surface area contributed by atoms with Crippen LogP contribution in [0.1, 0.15) is 52.4 Å². The number of nitrogens with one attached hydrogen (secondary N) is 1. The van der Waals surface area contributed by atoms with Crippen LogP contribution in [0.4, 0.5) is 0 Å². The van der Waals surface area contributed by atoms with Crippen molar-refractivity contribution in [3.63, 3.8) is 0 Å². The van der Waals surface area contributed by atoms with Crippen LogP contribution >= 0.6 is 15.9 Å². The topological polar surface area (TPSA) is 29.1 Å². The Hall–Kier alpha value is -0.0500. The summed E-state index contributed by atoms with van der Waals surface area (Å²) < 4.78 is 0. The number of carbonyl (C=O) groups is 1. The number of halogens is 1. The predicted octanol–water partition coefficient (Wildman–Crippen LogP) is 3.74. The number of amides is 1. The first-order chi connectivity index (χ1) is 9.04. The van der Waals surface area contributed by atoms with E-state index in [-0.39, 0.29) is 5.54 Å². The Bertz CT molecular complexity index is 336. The van der Waals surface area contributed by atoms with Gasteiger partial charge in [0.2, 0.25) is 5.91 Å². The molecule has 0 aromatic heterocycles. The second-order valence-corrected chi connectivity index (χ2v) is 8.05. The van der Waals surface area contributed by atoms with Crippen LogP contribution in [0, 0.1) is 29.6 Å². The summed E-state index contributed by atoms with van der Waals surface area (Å²) in [4.78, 5) is 12.7. The quantitative estimate of drug-likeness (QED) is 0.783. The van der Waals surface area contributed by atoms with Gasteiger partial charge in [0.1, 0.15) is 0 Å². The molecular weight excluding hydrogens is 302 g/mol. The molecule has 1 unspecified atom stereocenters. The van der Waals surface area contributed by atoms with E-state index in [1.807, 2.05) is 0 Å². The summed E-state index contributed by atoms with van der Waals surface area (Å²) in [7, 11) is 0.